The van der Waals surface area contributed by atoms with Crippen molar-refractivity contribution in [2.75, 3.05) is 18.1 Å². The van der Waals surface area contributed by atoms with Crippen LogP contribution in [0.4, 0.5) is 5.13 Å². The van der Waals surface area contributed by atoms with E-state index in [1.54, 1.807) is 62.4 Å². The van der Waals surface area contributed by atoms with Crippen LogP contribution in [0.5, 0.6) is 5.75 Å². The van der Waals surface area contributed by atoms with E-state index in [2.05, 4.69) is 27.5 Å². The number of hydrogen-bond acceptors (Lipinski definition) is 8. The van der Waals surface area contributed by atoms with E-state index in [1.807, 2.05) is 0 Å². The Morgan fingerprint density at radius 3 is 2.70 bits per heavy atom. The Balaban J connectivity index is 1.70. The van der Waals surface area contributed by atoms with Crippen LogP contribution in [0, 0.1) is 6.92 Å². The number of amides is 1. The molecule has 0 spiro atoms. The van der Waals surface area contributed by atoms with Crippen molar-refractivity contribution in [1.82, 2.24) is 4.98 Å². The number of aromatic nitrogens is 1. The van der Waals surface area contributed by atoms with Gasteiger partial charge in [-0.15, -0.1) is 0 Å². The largest absolute Gasteiger partial charge is 0.490 e. The van der Waals surface area contributed by atoms with Crippen LogP contribution in [0.3, 0.4) is 0 Å². The van der Waals surface area contributed by atoms with E-state index < -0.39 is 17.9 Å². The smallest absolute Gasteiger partial charge is 0.350 e. The first-order valence-corrected chi connectivity index (χ1v) is 13.0. The first-order chi connectivity index (χ1) is 17.8. The second-order valence-electron chi connectivity index (χ2n) is 8.19. The van der Waals surface area contributed by atoms with Crippen LogP contribution >= 0.6 is 27.3 Å². The fourth-order valence-corrected chi connectivity index (χ4v) is 5.58. The van der Waals surface area contributed by atoms with Crippen LogP contribution in [-0.4, -0.2) is 30.1 Å². The minimum Gasteiger partial charge on any atom is -0.490 e. The zero-order valence-electron chi connectivity index (χ0n) is 19.9. The number of fused-ring (bicyclic) bond motifs is 2. The summed E-state index contributed by atoms with van der Waals surface area (Å²) in [5.74, 6) is -0.470. The van der Waals surface area contributed by atoms with E-state index >= 15 is 0 Å². The highest BCUT2D eigenvalue weighted by molar-refractivity contribution is 9.10. The van der Waals surface area contributed by atoms with Gasteiger partial charge >= 0.3 is 5.97 Å². The molecule has 0 N–H and O–H groups in total. The second-order valence-corrected chi connectivity index (χ2v) is 10.1. The number of carbonyl (C=O) groups is 2. The molecular formula is C27H21BrN2O6S. The van der Waals surface area contributed by atoms with Crippen molar-refractivity contribution < 1.29 is 23.5 Å². The maximum absolute atomic E-state index is 13.8. The summed E-state index contributed by atoms with van der Waals surface area (Å²) in [4.78, 5) is 46.2. The first-order valence-electron chi connectivity index (χ1n) is 11.4. The number of carbonyl (C=O) groups excluding carboxylic acids is 2. The van der Waals surface area contributed by atoms with Crippen molar-refractivity contribution >= 4 is 55.2 Å². The van der Waals surface area contributed by atoms with Gasteiger partial charge < -0.3 is 13.9 Å². The molecule has 2 aromatic carbocycles. The van der Waals surface area contributed by atoms with Crippen LogP contribution in [0.15, 0.2) is 68.8 Å². The Kier molecular flexibility index (Phi) is 6.70. The minimum absolute atomic E-state index is 0.0534. The van der Waals surface area contributed by atoms with Gasteiger partial charge in [0.1, 0.15) is 22.8 Å². The predicted molar refractivity (Wildman–Crippen MR) is 144 cm³/mol. The lowest BCUT2D eigenvalue weighted by Gasteiger charge is -2.22. The summed E-state index contributed by atoms with van der Waals surface area (Å²) in [6.07, 6.45) is 1.64. The number of hydrogen-bond donors (Lipinski definition) is 0. The molecule has 1 aliphatic rings. The highest BCUT2D eigenvalue weighted by Gasteiger charge is 2.45. The van der Waals surface area contributed by atoms with Crippen molar-refractivity contribution in [1.29, 1.82) is 0 Å². The molecule has 3 heterocycles. The fourth-order valence-electron chi connectivity index (χ4n) is 4.23. The van der Waals surface area contributed by atoms with Crippen molar-refractivity contribution in [2.24, 2.45) is 0 Å². The Morgan fingerprint density at radius 2 is 2.00 bits per heavy atom. The monoisotopic (exact) mass is 580 g/mol. The topological polar surface area (TPSA) is 98.9 Å². The standard InChI is InChI=1S/C27H21BrN2O6S/c1-4-12-35-17-9-6-15(7-10-17)21-20-22(31)18-13-16(28)8-11-19(18)36-23(20)25(32)30(21)27-29-14(3)24(37-27)26(33)34-5-2/h4,6-11,13,21H,1,5,12H2,2-3H3. The molecule has 0 radical (unpaired) electrons. The van der Waals surface area contributed by atoms with Crippen LogP contribution < -0.4 is 15.1 Å². The van der Waals surface area contributed by atoms with E-state index in [1.165, 1.54) is 4.90 Å². The minimum atomic E-state index is -0.823. The maximum atomic E-state index is 13.8. The third-order valence-electron chi connectivity index (χ3n) is 5.85. The van der Waals surface area contributed by atoms with Gasteiger partial charge in [-0.1, -0.05) is 52.1 Å². The third kappa shape index (κ3) is 4.36. The number of rotatable bonds is 7. The molecule has 4 aromatic rings. The lowest BCUT2D eigenvalue weighted by molar-refractivity contribution is 0.0531. The van der Waals surface area contributed by atoms with Crippen molar-refractivity contribution in [2.45, 2.75) is 19.9 Å². The summed E-state index contributed by atoms with van der Waals surface area (Å²) in [6, 6.07) is 11.3. The summed E-state index contributed by atoms with van der Waals surface area (Å²) >= 11 is 4.44. The molecule has 1 aliphatic heterocycles. The second kappa shape index (κ2) is 9.95. The number of thiazole rings is 1. The lowest BCUT2D eigenvalue weighted by atomic mass is 9.98. The molecule has 2 aromatic heterocycles. The Labute approximate surface area is 224 Å². The molecule has 0 saturated carbocycles. The summed E-state index contributed by atoms with van der Waals surface area (Å²) in [7, 11) is 0. The Bertz CT molecular complexity index is 1610. The van der Waals surface area contributed by atoms with Gasteiger partial charge in [0, 0.05) is 4.47 Å². The molecule has 0 saturated heterocycles. The maximum Gasteiger partial charge on any atom is 0.350 e. The average Bonchev–Trinajstić information content (AvgIpc) is 3.41. The van der Waals surface area contributed by atoms with Gasteiger partial charge in [0.15, 0.2) is 10.6 Å². The SMILES string of the molecule is C=CCOc1ccc(C2c3c(oc4ccc(Br)cc4c3=O)C(=O)N2c2nc(C)c(C(=O)OCC)s2)cc1. The van der Waals surface area contributed by atoms with E-state index in [4.69, 9.17) is 13.9 Å². The van der Waals surface area contributed by atoms with E-state index in [0.29, 0.717) is 43.9 Å². The molecule has 0 bridgehead atoms. The molecule has 1 amide bonds. The van der Waals surface area contributed by atoms with Gasteiger partial charge in [0.05, 0.1) is 29.3 Å². The zero-order valence-corrected chi connectivity index (χ0v) is 22.4. The highest BCUT2D eigenvalue weighted by Crippen LogP contribution is 2.43. The molecule has 1 atom stereocenters. The summed E-state index contributed by atoms with van der Waals surface area (Å²) in [5, 5.41) is 0.611. The van der Waals surface area contributed by atoms with Crippen LogP contribution in [0.25, 0.3) is 11.0 Å². The molecule has 188 valence electrons. The predicted octanol–water partition coefficient (Wildman–Crippen LogP) is 5.81. The van der Waals surface area contributed by atoms with Crippen LogP contribution in [0.2, 0.25) is 0 Å². The fraction of sp³-hybridized carbons (Fsp3) is 0.185. The molecular weight excluding hydrogens is 560 g/mol. The number of esters is 1. The lowest BCUT2D eigenvalue weighted by Crippen LogP contribution is -2.29. The van der Waals surface area contributed by atoms with Crippen LogP contribution in [0.1, 0.15) is 50.0 Å². The van der Waals surface area contributed by atoms with E-state index in [-0.39, 0.29) is 28.5 Å². The number of benzene rings is 2. The van der Waals surface area contributed by atoms with Gasteiger partial charge in [0.25, 0.3) is 5.91 Å². The number of ether oxygens (including phenoxy) is 2. The van der Waals surface area contributed by atoms with Crippen LogP contribution in [-0.2, 0) is 4.74 Å². The van der Waals surface area contributed by atoms with Crippen molar-refractivity contribution in [3.63, 3.8) is 0 Å². The van der Waals surface area contributed by atoms with Crippen molar-refractivity contribution in [3.05, 3.63) is 97.3 Å². The molecule has 5 rings (SSSR count). The number of halogens is 1. The average molecular weight is 581 g/mol. The molecule has 37 heavy (non-hydrogen) atoms. The Morgan fingerprint density at radius 1 is 1.24 bits per heavy atom. The zero-order chi connectivity index (χ0) is 26.3. The molecule has 1 unspecified atom stereocenters. The highest BCUT2D eigenvalue weighted by atomic mass is 79.9. The number of nitrogens with zero attached hydrogens (tertiary/aromatic N) is 2. The third-order valence-corrected chi connectivity index (χ3v) is 7.48. The van der Waals surface area contributed by atoms with Gasteiger partial charge in [-0.25, -0.2) is 9.78 Å². The van der Waals surface area contributed by atoms with E-state index in [0.717, 1.165) is 11.3 Å². The van der Waals surface area contributed by atoms with E-state index in [9.17, 15) is 14.4 Å². The quantitative estimate of drug-likeness (QED) is 0.201. The molecule has 8 nitrogen and oxygen atoms in total. The molecule has 10 heteroatoms. The van der Waals surface area contributed by atoms with Gasteiger partial charge in [-0.3, -0.25) is 14.5 Å². The Hall–Kier alpha value is -3.76. The van der Waals surface area contributed by atoms with Crippen molar-refractivity contribution in [3.8, 4) is 5.75 Å². The number of aryl methyl sites for hydroxylation is 1. The number of anilines is 1. The molecule has 0 aliphatic carbocycles. The normalized spacial score (nSPS) is 14.6. The van der Waals surface area contributed by atoms with Gasteiger partial charge in [-0.2, -0.15) is 0 Å². The summed E-state index contributed by atoms with van der Waals surface area (Å²) in [6.45, 7) is 7.60. The first kappa shape index (κ1) is 24.9. The van der Waals surface area contributed by atoms with Gasteiger partial charge in [0.2, 0.25) is 5.76 Å². The molecule has 0 fully saturated rings. The van der Waals surface area contributed by atoms with Gasteiger partial charge in [-0.05, 0) is 49.7 Å². The summed E-state index contributed by atoms with van der Waals surface area (Å²) in [5.41, 5.74) is 1.29. The summed E-state index contributed by atoms with van der Waals surface area (Å²) < 4.78 is 17.4.